The lowest BCUT2D eigenvalue weighted by Crippen LogP contribution is -2.50. The Bertz CT molecular complexity index is 1420. The summed E-state index contributed by atoms with van der Waals surface area (Å²) in [6.45, 7) is 4.57. The van der Waals surface area contributed by atoms with Gasteiger partial charge in [-0.2, -0.15) is 5.10 Å². The molecule has 0 radical (unpaired) electrons. The van der Waals surface area contributed by atoms with Crippen molar-refractivity contribution in [3.8, 4) is 11.3 Å². The maximum absolute atomic E-state index is 6.71. The molecular formula is C25H27ClN8OS. The quantitative estimate of drug-likeness (QED) is 0.398. The lowest BCUT2D eigenvalue weighted by molar-refractivity contribution is 0.0974. The summed E-state index contributed by atoms with van der Waals surface area (Å²) >= 11 is 8.11. The standard InChI is InChI=1S/C25H27ClN8OS/c1-15-22(27)25(14-35-15)7-10-34(11-8-25)20-13-28-23-18(30-20)12-29-24(31-23)36-19-5-3-4-16(21(19)26)17-6-9-33(2)32-17/h3-6,9,12-13,15,22H,7-8,10-11,14,27H2,1-2H3/t15-,22+/m0/s1. The van der Waals surface area contributed by atoms with Crippen molar-refractivity contribution in [2.24, 2.45) is 18.2 Å². The van der Waals surface area contributed by atoms with Gasteiger partial charge in [-0.1, -0.05) is 23.7 Å². The topological polar surface area (TPSA) is 108 Å². The normalized spacial score (nSPS) is 21.5. The molecule has 9 nitrogen and oxygen atoms in total. The molecule has 0 amide bonds. The molecule has 3 aromatic heterocycles. The number of hydrogen-bond acceptors (Lipinski definition) is 9. The number of aryl methyl sites for hydroxylation is 1. The molecule has 0 aliphatic carbocycles. The first-order valence-electron chi connectivity index (χ1n) is 12.0. The van der Waals surface area contributed by atoms with Gasteiger partial charge in [-0.25, -0.2) is 19.9 Å². The number of piperidine rings is 1. The molecule has 2 fully saturated rings. The van der Waals surface area contributed by atoms with Crippen LogP contribution in [0.15, 0.2) is 52.9 Å². The Morgan fingerprint density at radius 2 is 1.97 bits per heavy atom. The predicted molar refractivity (Wildman–Crippen MR) is 140 cm³/mol. The van der Waals surface area contributed by atoms with Crippen LogP contribution in [-0.2, 0) is 11.8 Å². The molecule has 2 saturated heterocycles. The van der Waals surface area contributed by atoms with Crippen LogP contribution in [-0.4, -0.2) is 61.6 Å². The Hall–Kier alpha value is -2.79. The second-order valence-corrected chi connectivity index (χ2v) is 11.0. The summed E-state index contributed by atoms with van der Waals surface area (Å²) in [6.07, 6.45) is 7.51. The van der Waals surface area contributed by atoms with Crippen molar-refractivity contribution >= 4 is 40.3 Å². The van der Waals surface area contributed by atoms with Crippen molar-refractivity contribution in [1.29, 1.82) is 0 Å². The number of ether oxygens (including phenoxy) is 1. The minimum absolute atomic E-state index is 0.0740. The Morgan fingerprint density at radius 1 is 1.14 bits per heavy atom. The van der Waals surface area contributed by atoms with Gasteiger partial charge in [0.25, 0.3) is 0 Å². The van der Waals surface area contributed by atoms with Crippen LogP contribution in [0.1, 0.15) is 19.8 Å². The lowest BCUT2D eigenvalue weighted by atomic mass is 9.73. The molecule has 1 aromatic carbocycles. The number of anilines is 1. The molecule has 1 spiro atoms. The average Bonchev–Trinajstić information content (AvgIpc) is 3.44. The molecule has 0 unspecified atom stereocenters. The summed E-state index contributed by atoms with van der Waals surface area (Å²) in [7, 11) is 1.88. The second kappa shape index (κ2) is 9.26. The van der Waals surface area contributed by atoms with Crippen LogP contribution in [0.4, 0.5) is 5.82 Å². The van der Waals surface area contributed by atoms with E-state index in [-0.39, 0.29) is 17.6 Å². The maximum Gasteiger partial charge on any atom is 0.194 e. The Morgan fingerprint density at radius 3 is 2.69 bits per heavy atom. The number of fused-ring (bicyclic) bond motifs is 1. The predicted octanol–water partition coefficient (Wildman–Crippen LogP) is 3.96. The molecule has 2 aliphatic heterocycles. The summed E-state index contributed by atoms with van der Waals surface area (Å²) in [5.41, 5.74) is 9.45. The van der Waals surface area contributed by atoms with Crippen LogP contribution < -0.4 is 10.6 Å². The third kappa shape index (κ3) is 4.21. The fourth-order valence-electron chi connectivity index (χ4n) is 5.10. The van der Waals surface area contributed by atoms with E-state index in [1.807, 2.05) is 37.5 Å². The summed E-state index contributed by atoms with van der Waals surface area (Å²) in [6, 6.07) is 7.89. The minimum atomic E-state index is 0.0740. The smallest absolute Gasteiger partial charge is 0.194 e. The Balaban J connectivity index is 1.19. The van der Waals surface area contributed by atoms with E-state index < -0.39 is 0 Å². The van der Waals surface area contributed by atoms with E-state index in [4.69, 9.17) is 27.1 Å². The molecule has 6 rings (SSSR count). The lowest BCUT2D eigenvalue weighted by Gasteiger charge is -2.41. The fraction of sp³-hybridized carbons (Fsp3) is 0.400. The van der Waals surface area contributed by atoms with Gasteiger partial charge < -0.3 is 15.4 Å². The number of halogens is 1. The molecule has 5 heterocycles. The van der Waals surface area contributed by atoms with E-state index in [0.29, 0.717) is 21.3 Å². The Labute approximate surface area is 218 Å². The first kappa shape index (κ1) is 23.6. The van der Waals surface area contributed by atoms with Crippen molar-refractivity contribution in [1.82, 2.24) is 29.7 Å². The van der Waals surface area contributed by atoms with Crippen molar-refractivity contribution < 1.29 is 4.74 Å². The average molecular weight is 523 g/mol. The van der Waals surface area contributed by atoms with Gasteiger partial charge in [-0.15, -0.1) is 0 Å². The van der Waals surface area contributed by atoms with Gasteiger partial charge >= 0.3 is 0 Å². The zero-order valence-electron chi connectivity index (χ0n) is 20.1. The first-order chi connectivity index (χ1) is 17.4. The van der Waals surface area contributed by atoms with Gasteiger partial charge in [0, 0.05) is 48.2 Å². The number of hydrogen-bond donors (Lipinski definition) is 1. The van der Waals surface area contributed by atoms with Crippen LogP contribution in [0.2, 0.25) is 5.02 Å². The summed E-state index contributed by atoms with van der Waals surface area (Å²) in [5.74, 6) is 0.841. The molecule has 11 heteroatoms. The van der Waals surface area contributed by atoms with Crippen molar-refractivity contribution in [3.05, 3.63) is 47.9 Å². The number of rotatable bonds is 4. The molecule has 0 saturated carbocycles. The van der Waals surface area contributed by atoms with E-state index in [9.17, 15) is 0 Å². The van der Waals surface area contributed by atoms with Gasteiger partial charge in [0.2, 0.25) is 0 Å². The van der Waals surface area contributed by atoms with E-state index in [1.165, 1.54) is 11.8 Å². The molecule has 2 N–H and O–H groups in total. The van der Waals surface area contributed by atoms with E-state index in [0.717, 1.165) is 54.5 Å². The molecule has 36 heavy (non-hydrogen) atoms. The second-order valence-electron chi connectivity index (χ2n) is 9.58. The highest BCUT2D eigenvalue weighted by atomic mass is 35.5. The Kier molecular flexibility index (Phi) is 6.07. The van der Waals surface area contributed by atoms with Crippen LogP contribution in [0, 0.1) is 5.41 Å². The fourth-order valence-corrected chi connectivity index (χ4v) is 6.21. The van der Waals surface area contributed by atoms with Crippen LogP contribution in [0.5, 0.6) is 0 Å². The highest BCUT2D eigenvalue weighted by Gasteiger charge is 2.47. The van der Waals surface area contributed by atoms with Crippen molar-refractivity contribution in [2.75, 3.05) is 24.6 Å². The van der Waals surface area contributed by atoms with Gasteiger partial charge in [0.15, 0.2) is 10.8 Å². The van der Waals surface area contributed by atoms with Crippen LogP contribution in [0.3, 0.4) is 0 Å². The zero-order valence-corrected chi connectivity index (χ0v) is 21.7. The summed E-state index contributed by atoms with van der Waals surface area (Å²) in [4.78, 5) is 21.7. The molecule has 186 valence electrons. The van der Waals surface area contributed by atoms with Gasteiger partial charge in [-0.05, 0) is 43.7 Å². The minimum Gasteiger partial charge on any atom is -0.376 e. The maximum atomic E-state index is 6.71. The van der Waals surface area contributed by atoms with Gasteiger partial charge in [0.1, 0.15) is 11.3 Å². The third-order valence-electron chi connectivity index (χ3n) is 7.35. The van der Waals surface area contributed by atoms with Gasteiger partial charge in [-0.3, -0.25) is 4.68 Å². The monoisotopic (exact) mass is 522 g/mol. The zero-order chi connectivity index (χ0) is 24.9. The number of benzene rings is 1. The first-order valence-corrected chi connectivity index (χ1v) is 13.2. The van der Waals surface area contributed by atoms with Crippen molar-refractivity contribution in [2.45, 2.75) is 42.0 Å². The molecular weight excluding hydrogens is 496 g/mol. The molecule has 4 aromatic rings. The van der Waals surface area contributed by atoms with Crippen LogP contribution in [0.25, 0.3) is 22.4 Å². The summed E-state index contributed by atoms with van der Waals surface area (Å²) < 4.78 is 7.60. The number of nitrogens with zero attached hydrogens (tertiary/aromatic N) is 7. The van der Waals surface area contributed by atoms with Gasteiger partial charge in [0.05, 0.1) is 35.8 Å². The highest BCUT2D eigenvalue weighted by molar-refractivity contribution is 7.99. The van der Waals surface area contributed by atoms with Crippen LogP contribution >= 0.6 is 23.4 Å². The third-order valence-corrected chi connectivity index (χ3v) is 8.81. The van der Waals surface area contributed by atoms with E-state index in [2.05, 4.69) is 31.9 Å². The molecule has 0 bridgehead atoms. The van der Waals surface area contributed by atoms with E-state index >= 15 is 0 Å². The SMILES string of the molecule is C[C@@H]1OCC2(CCN(c3cnc4nc(Sc5cccc(-c6ccn(C)n6)c5Cl)ncc4n3)CC2)[C@@H]1N. The highest BCUT2D eigenvalue weighted by Crippen LogP contribution is 2.42. The molecule has 2 atom stereocenters. The number of aromatic nitrogens is 6. The van der Waals surface area contributed by atoms with E-state index in [1.54, 1.807) is 17.1 Å². The summed E-state index contributed by atoms with van der Waals surface area (Å²) in [5, 5.41) is 5.65. The largest absolute Gasteiger partial charge is 0.376 e. The van der Waals surface area contributed by atoms with Crippen molar-refractivity contribution in [3.63, 3.8) is 0 Å². The number of nitrogens with two attached hydrogens (primary N) is 1. The molecule has 2 aliphatic rings.